The number of carbonyl (C=O) groups excluding carboxylic acids is 1. The first-order chi connectivity index (χ1) is 22.8. The molecule has 10 heteroatoms. The molecule has 0 aromatic heterocycles. The van der Waals surface area contributed by atoms with Crippen molar-refractivity contribution in [3.05, 3.63) is 12.2 Å². The number of carbonyl (C=O) groups is 2. The van der Waals surface area contributed by atoms with Crippen LogP contribution in [0.2, 0.25) is 0 Å². The van der Waals surface area contributed by atoms with E-state index in [9.17, 15) is 30.0 Å². The van der Waals surface area contributed by atoms with Gasteiger partial charge in [-0.3, -0.25) is 14.4 Å². The Kier molecular flexibility index (Phi) is 9.52. The van der Waals surface area contributed by atoms with Gasteiger partial charge in [0.1, 0.15) is 31.0 Å². The first kappa shape index (κ1) is 37.2. The van der Waals surface area contributed by atoms with Crippen LogP contribution in [0.3, 0.4) is 0 Å². The van der Waals surface area contributed by atoms with Crippen LogP contribution in [0.5, 0.6) is 0 Å². The molecule has 0 amide bonds. The maximum atomic E-state index is 13.5. The Labute approximate surface area is 292 Å². The van der Waals surface area contributed by atoms with Gasteiger partial charge in [0, 0.05) is 5.41 Å². The first-order valence-corrected chi connectivity index (χ1v) is 18.9. The number of esters is 1. The first-order valence-electron chi connectivity index (χ1n) is 18.9. The Hall–Kier alpha value is -1.56. The number of nitrogens with zero attached hydrogens (tertiary/aromatic N) is 1. The number of rotatable bonds is 7. The molecule has 6 rings (SSSR count). The fourth-order valence-corrected chi connectivity index (χ4v) is 13.5. The highest BCUT2D eigenvalue weighted by Gasteiger charge is 2.72. The summed E-state index contributed by atoms with van der Waals surface area (Å²) in [7, 11) is 1.37. The molecule has 6 fully saturated rings. The lowest BCUT2D eigenvalue weighted by Crippen LogP contribution is -2.67. The molecule has 0 unspecified atom stereocenters. The highest BCUT2D eigenvalue weighted by Crippen LogP contribution is 2.77. The van der Waals surface area contributed by atoms with Crippen molar-refractivity contribution in [2.24, 2.45) is 56.7 Å². The van der Waals surface area contributed by atoms with Gasteiger partial charge in [0.25, 0.3) is 0 Å². The fourth-order valence-electron chi connectivity index (χ4n) is 13.5. The summed E-state index contributed by atoms with van der Waals surface area (Å²) >= 11 is 0. The highest BCUT2D eigenvalue weighted by molar-refractivity contribution is 5.76. The summed E-state index contributed by atoms with van der Waals surface area (Å²) in [4.78, 5) is 31.9. The van der Waals surface area contributed by atoms with E-state index >= 15 is 0 Å². The molecule has 15 atom stereocenters. The number of carboxylic acids is 1. The maximum Gasteiger partial charge on any atom is 0.323 e. The van der Waals surface area contributed by atoms with Crippen LogP contribution >= 0.6 is 0 Å². The molecule has 10 nitrogen and oxygen atoms in total. The van der Waals surface area contributed by atoms with Crippen molar-refractivity contribution in [1.82, 2.24) is 5.06 Å². The van der Waals surface area contributed by atoms with E-state index in [4.69, 9.17) is 14.3 Å². The van der Waals surface area contributed by atoms with Gasteiger partial charge >= 0.3 is 11.9 Å². The predicted molar refractivity (Wildman–Crippen MR) is 183 cm³/mol. The second kappa shape index (κ2) is 12.5. The van der Waals surface area contributed by atoms with E-state index in [2.05, 4.69) is 48.1 Å². The van der Waals surface area contributed by atoms with Crippen molar-refractivity contribution in [2.75, 3.05) is 13.7 Å². The largest absolute Gasteiger partial charge is 0.481 e. The molecule has 0 aromatic rings. The van der Waals surface area contributed by atoms with Crippen molar-refractivity contribution < 1.29 is 44.3 Å². The Bertz CT molecular complexity index is 1320. The minimum atomic E-state index is -1.47. The van der Waals surface area contributed by atoms with Crippen molar-refractivity contribution in [1.29, 1.82) is 0 Å². The molecule has 0 aromatic carbocycles. The quantitative estimate of drug-likeness (QED) is 0.157. The molecule has 0 bridgehead atoms. The minimum absolute atomic E-state index is 0.0511. The third-order valence-corrected chi connectivity index (χ3v) is 16.3. The van der Waals surface area contributed by atoms with Gasteiger partial charge in [-0.05, 0) is 124 Å². The maximum absolute atomic E-state index is 13.5. The Balaban J connectivity index is 1.19. The second-order valence-electron chi connectivity index (χ2n) is 18.4. The van der Waals surface area contributed by atoms with E-state index in [0.717, 1.165) is 69.8 Å². The predicted octanol–water partition coefficient (Wildman–Crippen LogP) is 5.33. The van der Waals surface area contributed by atoms with E-state index in [1.54, 1.807) is 6.92 Å². The third-order valence-electron chi connectivity index (χ3n) is 16.3. The van der Waals surface area contributed by atoms with Crippen LogP contribution in [0.25, 0.3) is 0 Å². The SMILES string of the molecule is C=C(C)[C@@H]1CC[C@]2(C(=O)O)CC[C@]3(C)[C@H](CC[C@@H]4[C@@]5(C)CC[C@H](OC(=O)CN(OC)[C@@H]6O[C@H](C)[C@@H](O)[C@H](O)[C@H]6O)C(C)(C)[C@@H]5CC[C@]43C)[C@@H]12. The standard InChI is InChI=1S/C39H63NO9/c1-21(2)23-12-17-39(34(45)46)19-18-37(7)24(29(23)39)10-11-26-36(6)15-14-27(35(4,5)25(36)13-16-38(26,37)8)49-28(41)20-40(47-9)33-32(44)31(43)30(42)22(3)48-33/h22-27,29-33,42-44H,1,10-20H2,2-9H3,(H,45,46)/t22-,23+,24-,25+,26-,27+,29-,30-,31+,32-,33-,36+,37-,38-,39+/m1/s1. The van der Waals surface area contributed by atoms with Gasteiger partial charge in [-0.15, -0.1) is 5.06 Å². The van der Waals surface area contributed by atoms with Crippen LogP contribution < -0.4 is 0 Å². The summed E-state index contributed by atoms with van der Waals surface area (Å²) in [5, 5.41) is 42.9. The normalized spacial score (nSPS) is 50.4. The van der Waals surface area contributed by atoms with E-state index in [0.29, 0.717) is 17.8 Å². The lowest BCUT2D eigenvalue weighted by molar-refractivity contribution is -0.321. The van der Waals surface area contributed by atoms with Crippen LogP contribution in [0, 0.1) is 56.7 Å². The average molecular weight is 690 g/mol. The number of aliphatic carboxylic acids is 1. The third kappa shape index (κ3) is 5.31. The Morgan fingerprint density at radius 2 is 1.55 bits per heavy atom. The zero-order valence-corrected chi connectivity index (χ0v) is 31.1. The fraction of sp³-hybridized carbons (Fsp3) is 0.897. The number of aliphatic hydroxyl groups is 3. The molecule has 278 valence electrons. The molecule has 4 N–H and O–H groups in total. The molecule has 1 saturated heterocycles. The number of ether oxygens (including phenoxy) is 2. The lowest BCUT2D eigenvalue weighted by Gasteiger charge is -2.72. The molecule has 0 radical (unpaired) electrons. The molecule has 0 spiro atoms. The number of allylic oxidation sites excluding steroid dienone is 1. The van der Waals surface area contributed by atoms with Gasteiger partial charge in [0.2, 0.25) is 0 Å². The summed E-state index contributed by atoms with van der Waals surface area (Å²) in [6.45, 7) is 19.8. The molecular formula is C39H63NO9. The number of hydrogen-bond donors (Lipinski definition) is 4. The molecule has 6 aliphatic rings. The molecule has 5 saturated carbocycles. The summed E-state index contributed by atoms with van der Waals surface area (Å²) in [6.07, 6.45) is 3.06. The van der Waals surface area contributed by atoms with Crippen LogP contribution in [-0.2, 0) is 23.9 Å². The van der Waals surface area contributed by atoms with Crippen LogP contribution in [-0.4, -0.2) is 87.8 Å². The van der Waals surface area contributed by atoms with Gasteiger partial charge in [0.15, 0.2) is 6.23 Å². The van der Waals surface area contributed by atoms with E-state index in [1.807, 2.05) is 0 Å². The lowest BCUT2D eigenvalue weighted by atomic mass is 9.32. The number of carboxylic acid groups (broad SMARTS) is 1. The van der Waals surface area contributed by atoms with Crippen LogP contribution in [0.4, 0.5) is 0 Å². The van der Waals surface area contributed by atoms with Gasteiger partial charge in [-0.2, -0.15) is 0 Å². The van der Waals surface area contributed by atoms with Gasteiger partial charge < -0.3 is 29.9 Å². The highest BCUT2D eigenvalue weighted by atomic mass is 16.7. The Morgan fingerprint density at radius 3 is 2.18 bits per heavy atom. The average Bonchev–Trinajstić information content (AvgIpc) is 3.44. The van der Waals surface area contributed by atoms with E-state index in [1.165, 1.54) is 12.2 Å². The molecule has 5 aliphatic carbocycles. The molecule has 1 heterocycles. The summed E-state index contributed by atoms with van der Waals surface area (Å²) in [5.74, 6) is 0.558. The van der Waals surface area contributed by atoms with Crippen LogP contribution in [0.15, 0.2) is 12.2 Å². The van der Waals surface area contributed by atoms with Crippen molar-refractivity contribution in [3.8, 4) is 0 Å². The van der Waals surface area contributed by atoms with Gasteiger partial charge in [-0.1, -0.05) is 46.8 Å². The molecule has 1 aliphatic heterocycles. The smallest absolute Gasteiger partial charge is 0.323 e. The van der Waals surface area contributed by atoms with Crippen molar-refractivity contribution in [2.45, 2.75) is 149 Å². The number of fused-ring (bicyclic) bond motifs is 7. The number of hydrogen-bond acceptors (Lipinski definition) is 9. The monoisotopic (exact) mass is 689 g/mol. The van der Waals surface area contributed by atoms with Crippen LogP contribution in [0.1, 0.15) is 113 Å². The summed E-state index contributed by atoms with van der Waals surface area (Å²) < 4.78 is 12.0. The minimum Gasteiger partial charge on any atom is -0.481 e. The summed E-state index contributed by atoms with van der Waals surface area (Å²) in [6, 6.07) is 0. The van der Waals surface area contributed by atoms with Crippen molar-refractivity contribution in [3.63, 3.8) is 0 Å². The molecular weight excluding hydrogens is 626 g/mol. The van der Waals surface area contributed by atoms with Crippen molar-refractivity contribution >= 4 is 11.9 Å². The molecule has 49 heavy (non-hydrogen) atoms. The van der Waals surface area contributed by atoms with E-state index in [-0.39, 0.29) is 46.1 Å². The topological polar surface area (TPSA) is 146 Å². The summed E-state index contributed by atoms with van der Waals surface area (Å²) in [5.41, 5.74) is 0.441. The van der Waals surface area contributed by atoms with Gasteiger partial charge in [-0.25, -0.2) is 0 Å². The zero-order valence-electron chi connectivity index (χ0n) is 31.1. The number of hydroxylamine groups is 2. The second-order valence-corrected chi connectivity index (χ2v) is 18.4. The van der Waals surface area contributed by atoms with Gasteiger partial charge in [0.05, 0.1) is 18.6 Å². The zero-order chi connectivity index (χ0) is 36.1. The van der Waals surface area contributed by atoms with E-state index < -0.39 is 48.0 Å². The Morgan fingerprint density at radius 1 is 0.857 bits per heavy atom. The number of aliphatic hydroxyl groups excluding tert-OH is 3.